The second-order valence-electron chi connectivity index (χ2n) is 7.73. The second-order valence-corrected chi connectivity index (χ2v) is 9.20. The minimum Gasteiger partial charge on any atom is -0.444 e. The van der Waals surface area contributed by atoms with Gasteiger partial charge in [0.15, 0.2) is 0 Å². The molecule has 3 aliphatic rings. The van der Waals surface area contributed by atoms with E-state index in [1.807, 2.05) is 32.5 Å². The van der Waals surface area contributed by atoms with Crippen molar-refractivity contribution in [2.24, 2.45) is 5.92 Å². The third-order valence-corrected chi connectivity index (χ3v) is 6.05. The van der Waals surface area contributed by atoms with Gasteiger partial charge >= 0.3 is 6.09 Å². The molecule has 0 bridgehead atoms. The fourth-order valence-corrected chi connectivity index (χ4v) is 4.91. The minimum absolute atomic E-state index is 0.128. The lowest BCUT2D eigenvalue weighted by atomic mass is 9.71. The SMILES string of the molecule is CC1CC(NC2C(NC(=O)OC(C)(C)C)C3CCOC32)CS1. The molecule has 0 radical (unpaired) electrons. The number of rotatable bonds is 3. The molecule has 3 fully saturated rings. The van der Waals surface area contributed by atoms with Crippen LogP contribution in [0.2, 0.25) is 0 Å². The molecule has 2 saturated heterocycles. The third kappa shape index (κ3) is 3.54. The summed E-state index contributed by atoms with van der Waals surface area (Å²) in [6.45, 7) is 8.75. The quantitative estimate of drug-likeness (QED) is 0.831. The topological polar surface area (TPSA) is 59.6 Å². The Morgan fingerprint density at radius 3 is 2.73 bits per heavy atom. The number of carbonyl (C=O) groups excluding carboxylic acids is 1. The molecule has 6 unspecified atom stereocenters. The van der Waals surface area contributed by atoms with Gasteiger partial charge in [-0.15, -0.1) is 0 Å². The number of fused-ring (bicyclic) bond motifs is 1. The lowest BCUT2D eigenvalue weighted by molar-refractivity contribution is -0.0368. The molecule has 5 nitrogen and oxygen atoms in total. The van der Waals surface area contributed by atoms with Crippen LogP contribution in [0.3, 0.4) is 0 Å². The number of hydrogen-bond donors (Lipinski definition) is 2. The number of amides is 1. The van der Waals surface area contributed by atoms with E-state index in [0.29, 0.717) is 12.0 Å². The van der Waals surface area contributed by atoms with Crippen LogP contribution in [0.15, 0.2) is 0 Å². The Labute approximate surface area is 137 Å². The van der Waals surface area contributed by atoms with Crippen molar-refractivity contribution in [1.82, 2.24) is 10.6 Å². The first-order valence-electron chi connectivity index (χ1n) is 8.32. The molecular weight excluding hydrogens is 300 g/mol. The van der Waals surface area contributed by atoms with Gasteiger partial charge in [0.2, 0.25) is 0 Å². The van der Waals surface area contributed by atoms with E-state index < -0.39 is 5.60 Å². The molecule has 0 aromatic rings. The van der Waals surface area contributed by atoms with E-state index in [1.165, 1.54) is 6.42 Å². The van der Waals surface area contributed by atoms with Gasteiger partial charge in [-0.2, -0.15) is 11.8 Å². The maximum absolute atomic E-state index is 12.1. The normalized spacial score (nSPS) is 40.9. The van der Waals surface area contributed by atoms with Gasteiger partial charge in [0.1, 0.15) is 5.60 Å². The number of alkyl carbamates (subject to hydrolysis) is 1. The van der Waals surface area contributed by atoms with Gasteiger partial charge in [-0.3, -0.25) is 0 Å². The lowest BCUT2D eigenvalue weighted by Crippen LogP contribution is -2.71. The van der Waals surface area contributed by atoms with Crippen LogP contribution < -0.4 is 10.6 Å². The van der Waals surface area contributed by atoms with Crippen molar-refractivity contribution in [3.63, 3.8) is 0 Å². The summed E-state index contributed by atoms with van der Waals surface area (Å²) in [6, 6.07) is 0.872. The van der Waals surface area contributed by atoms with E-state index in [4.69, 9.17) is 9.47 Å². The minimum atomic E-state index is -0.458. The average molecular weight is 328 g/mol. The van der Waals surface area contributed by atoms with E-state index in [1.54, 1.807) is 0 Å². The molecule has 0 aromatic heterocycles. The number of thioether (sulfide) groups is 1. The monoisotopic (exact) mass is 328 g/mol. The number of ether oxygens (including phenoxy) is 2. The van der Waals surface area contributed by atoms with E-state index in [9.17, 15) is 4.79 Å². The van der Waals surface area contributed by atoms with Gasteiger partial charge < -0.3 is 20.1 Å². The summed E-state index contributed by atoms with van der Waals surface area (Å²) in [5, 5.41) is 7.51. The molecule has 2 heterocycles. The second kappa shape index (κ2) is 6.21. The van der Waals surface area contributed by atoms with Gasteiger partial charge in [-0.05, 0) is 33.6 Å². The first-order chi connectivity index (χ1) is 10.3. The van der Waals surface area contributed by atoms with Crippen LogP contribution in [0, 0.1) is 5.92 Å². The molecular formula is C16H28N2O3S. The molecule has 2 aliphatic heterocycles. The Balaban J connectivity index is 1.57. The molecule has 0 spiro atoms. The Hall–Kier alpha value is -0.460. The first-order valence-corrected chi connectivity index (χ1v) is 9.37. The molecule has 2 N–H and O–H groups in total. The van der Waals surface area contributed by atoms with Gasteiger partial charge in [-0.25, -0.2) is 4.79 Å². The van der Waals surface area contributed by atoms with Crippen molar-refractivity contribution >= 4 is 17.9 Å². The van der Waals surface area contributed by atoms with Crippen LogP contribution in [0.4, 0.5) is 4.79 Å². The Kier molecular flexibility index (Phi) is 4.63. The fraction of sp³-hybridized carbons (Fsp3) is 0.938. The third-order valence-electron chi connectivity index (χ3n) is 4.70. The number of hydrogen-bond acceptors (Lipinski definition) is 5. The van der Waals surface area contributed by atoms with Crippen molar-refractivity contribution in [2.75, 3.05) is 12.4 Å². The van der Waals surface area contributed by atoms with Crippen LogP contribution in [0.25, 0.3) is 0 Å². The van der Waals surface area contributed by atoms with Crippen LogP contribution in [-0.4, -0.2) is 53.5 Å². The maximum atomic E-state index is 12.1. The zero-order valence-corrected chi connectivity index (χ0v) is 14.7. The summed E-state index contributed by atoms with van der Waals surface area (Å²) in [5.74, 6) is 1.57. The van der Waals surface area contributed by atoms with Crippen molar-refractivity contribution in [3.8, 4) is 0 Å². The molecule has 22 heavy (non-hydrogen) atoms. The highest BCUT2D eigenvalue weighted by Crippen LogP contribution is 2.40. The highest BCUT2D eigenvalue weighted by molar-refractivity contribution is 8.00. The predicted octanol–water partition coefficient (Wildman–Crippen LogP) is 2.15. The van der Waals surface area contributed by atoms with Crippen molar-refractivity contribution < 1.29 is 14.3 Å². The van der Waals surface area contributed by atoms with Crippen LogP contribution >= 0.6 is 11.8 Å². The highest BCUT2D eigenvalue weighted by atomic mass is 32.2. The van der Waals surface area contributed by atoms with Crippen molar-refractivity contribution in [2.45, 2.75) is 75.6 Å². The Bertz CT molecular complexity index is 426. The van der Waals surface area contributed by atoms with Crippen molar-refractivity contribution in [3.05, 3.63) is 0 Å². The summed E-state index contributed by atoms with van der Waals surface area (Å²) in [6.07, 6.45) is 2.15. The maximum Gasteiger partial charge on any atom is 0.407 e. The average Bonchev–Trinajstić information content (AvgIpc) is 2.98. The molecule has 126 valence electrons. The van der Waals surface area contributed by atoms with E-state index in [2.05, 4.69) is 17.6 Å². The number of carbonyl (C=O) groups is 1. The summed E-state index contributed by atoms with van der Waals surface area (Å²) in [7, 11) is 0. The molecule has 1 saturated carbocycles. The smallest absolute Gasteiger partial charge is 0.407 e. The van der Waals surface area contributed by atoms with Gasteiger partial charge in [0.25, 0.3) is 0 Å². The molecule has 1 aliphatic carbocycles. The Morgan fingerprint density at radius 1 is 1.32 bits per heavy atom. The van der Waals surface area contributed by atoms with E-state index in [0.717, 1.165) is 24.0 Å². The van der Waals surface area contributed by atoms with Crippen LogP contribution in [0.1, 0.15) is 40.5 Å². The van der Waals surface area contributed by atoms with E-state index in [-0.39, 0.29) is 24.3 Å². The summed E-state index contributed by atoms with van der Waals surface area (Å²) < 4.78 is 11.3. The van der Waals surface area contributed by atoms with Gasteiger partial charge in [0.05, 0.1) is 18.2 Å². The zero-order chi connectivity index (χ0) is 15.9. The lowest BCUT2D eigenvalue weighted by Gasteiger charge is -2.49. The number of nitrogens with one attached hydrogen (secondary N) is 2. The fourth-order valence-electron chi connectivity index (χ4n) is 3.75. The summed E-state index contributed by atoms with van der Waals surface area (Å²) in [4.78, 5) is 12.1. The zero-order valence-electron chi connectivity index (χ0n) is 13.9. The molecule has 6 heteroatoms. The molecule has 1 amide bonds. The molecule has 0 aromatic carbocycles. The standard InChI is InChI=1S/C16H28N2O3S/c1-9-7-10(8-22-9)17-13-12(11-5-6-20-14(11)13)18-15(19)21-16(2,3)4/h9-14,17H,5-8H2,1-4H3,(H,18,19). The van der Waals surface area contributed by atoms with Gasteiger partial charge in [-0.1, -0.05) is 6.92 Å². The summed E-state index contributed by atoms with van der Waals surface area (Å²) in [5.41, 5.74) is -0.458. The van der Waals surface area contributed by atoms with Crippen molar-refractivity contribution in [1.29, 1.82) is 0 Å². The largest absolute Gasteiger partial charge is 0.444 e. The Morgan fingerprint density at radius 2 is 2.09 bits per heavy atom. The first kappa shape index (κ1) is 16.4. The van der Waals surface area contributed by atoms with Crippen LogP contribution in [-0.2, 0) is 9.47 Å². The molecule has 6 atom stereocenters. The van der Waals surface area contributed by atoms with E-state index >= 15 is 0 Å². The highest BCUT2D eigenvalue weighted by Gasteiger charge is 2.55. The van der Waals surface area contributed by atoms with Gasteiger partial charge in [0, 0.05) is 29.6 Å². The molecule has 3 rings (SSSR count). The summed E-state index contributed by atoms with van der Waals surface area (Å²) >= 11 is 2.01. The predicted molar refractivity (Wildman–Crippen MR) is 88.3 cm³/mol. The van der Waals surface area contributed by atoms with Crippen LogP contribution in [0.5, 0.6) is 0 Å².